The first kappa shape index (κ1) is 14.8. The largest absolute Gasteiger partial charge is 0.481 e. The summed E-state index contributed by atoms with van der Waals surface area (Å²) in [5.41, 5.74) is 2.90. The monoisotopic (exact) mass is 309 g/mol. The van der Waals surface area contributed by atoms with E-state index in [0.29, 0.717) is 5.65 Å². The van der Waals surface area contributed by atoms with Crippen LogP contribution < -0.4 is 10.9 Å². The summed E-state index contributed by atoms with van der Waals surface area (Å²) in [4.78, 5) is 26.6. The van der Waals surface area contributed by atoms with Gasteiger partial charge >= 0.3 is 5.97 Å². The number of rotatable bonds is 4. The summed E-state index contributed by atoms with van der Waals surface area (Å²) < 4.78 is 1.50. The van der Waals surface area contributed by atoms with Gasteiger partial charge in [-0.25, -0.2) is 4.98 Å². The number of aryl methyl sites for hydroxylation is 1. The second kappa shape index (κ2) is 5.92. The number of benzene rings is 1. The molecule has 6 heteroatoms. The van der Waals surface area contributed by atoms with E-state index < -0.39 is 5.97 Å². The fourth-order valence-electron chi connectivity index (χ4n) is 2.41. The van der Waals surface area contributed by atoms with Gasteiger partial charge in [-0.2, -0.15) is 0 Å². The first-order valence-corrected chi connectivity index (χ1v) is 7.07. The Morgan fingerprint density at radius 3 is 2.61 bits per heavy atom. The van der Waals surface area contributed by atoms with Crippen LogP contribution >= 0.6 is 0 Å². The molecule has 116 valence electrons. The molecule has 0 bridgehead atoms. The number of carboxylic acid groups (broad SMARTS) is 1. The fraction of sp³-hybridized carbons (Fsp3) is 0.118. The zero-order valence-electron chi connectivity index (χ0n) is 12.5. The zero-order chi connectivity index (χ0) is 16.4. The average Bonchev–Trinajstić information content (AvgIpc) is 2.53. The zero-order valence-corrected chi connectivity index (χ0v) is 12.5. The van der Waals surface area contributed by atoms with Crippen molar-refractivity contribution in [2.75, 3.05) is 5.32 Å². The van der Waals surface area contributed by atoms with Crippen LogP contribution in [0.4, 0.5) is 11.4 Å². The number of carbonyl (C=O) groups is 1. The number of anilines is 2. The molecule has 2 aromatic heterocycles. The number of hydrogen-bond donors (Lipinski definition) is 2. The van der Waals surface area contributed by atoms with Crippen LogP contribution in [0.2, 0.25) is 0 Å². The molecule has 0 fully saturated rings. The highest BCUT2D eigenvalue weighted by molar-refractivity contribution is 5.90. The van der Waals surface area contributed by atoms with Crippen molar-refractivity contribution in [1.29, 1.82) is 0 Å². The molecule has 1 aromatic carbocycles. The quantitative estimate of drug-likeness (QED) is 0.772. The van der Waals surface area contributed by atoms with Gasteiger partial charge in [-0.05, 0) is 29.8 Å². The van der Waals surface area contributed by atoms with Gasteiger partial charge in [0.15, 0.2) is 0 Å². The lowest BCUT2D eigenvalue weighted by Gasteiger charge is -2.11. The Morgan fingerprint density at radius 1 is 1.17 bits per heavy atom. The molecular weight excluding hydrogens is 294 g/mol. The van der Waals surface area contributed by atoms with Crippen LogP contribution in [0.1, 0.15) is 5.56 Å². The van der Waals surface area contributed by atoms with Gasteiger partial charge in [0.1, 0.15) is 5.65 Å². The number of nitrogens with one attached hydrogen (secondary N) is 1. The van der Waals surface area contributed by atoms with E-state index in [-0.39, 0.29) is 12.0 Å². The highest BCUT2D eigenvalue weighted by Crippen LogP contribution is 2.24. The van der Waals surface area contributed by atoms with Crippen LogP contribution in [0.15, 0.2) is 53.5 Å². The second-order valence-electron chi connectivity index (χ2n) is 5.22. The molecule has 0 aliphatic carbocycles. The number of fused-ring (bicyclic) bond motifs is 1. The smallest absolute Gasteiger partial charge is 0.307 e. The van der Waals surface area contributed by atoms with E-state index in [2.05, 4.69) is 10.3 Å². The van der Waals surface area contributed by atoms with E-state index in [1.807, 2.05) is 18.2 Å². The van der Waals surface area contributed by atoms with Gasteiger partial charge in [-0.1, -0.05) is 12.1 Å². The van der Waals surface area contributed by atoms with Gasteiger partial charge in [0, 0.05) is 30.4 Å². The second-order valence-corrected chi connectivity index (χ2v) is 5.22. The van der Waals surface area contributed by atoms with Crippen molar-refractivity contribution in [3.8, 4) is 0 Å². The summed E-state index contributed by atoms with van der Waals surface area (Å²) in [6.07, 6.45) is 1.64. The van der Waals surface area contributed by atoms with Crippen LogP contribution in [-0.4, -0.2) is 20.6 Å². The lowest BCUT2D eigenvalue weighted by atomic mass is 10.1. The van der Waals surface area contributed by atoms with Crippen molar-refractivity contribution in [3.05, 3.63) is 64.6 Å². The lowest BCUT2D eigenvalue weighted by molar-refractivity contribution is -0.136. The van der Waals surface area contributed by atoms with Gasteiger partial charge in [-0.3, -0.25) is 14.2 Å². The van der Waals surface area contributed by atoms with Gasteiger partial charge in [-0.15, -0.1) is 0 Å². The number of carboxylic acids is 1. The third-order valence-corrected chi connectivity index (χ3v) is 3.60. The molecule has 0 atom stereocenters. The molecule has 0 unspecified atom stereocenters. The van der Waals surface area contributed by atoms with Crippen LogP contribution in [0.5, 0.6) is 0 Å². The fourth-order valence-corrected chi connectivity index (χ4v) is 2.41. The van der Waals surface area contributed by atoms with Crippen molar-refractivity contribution in [3.63, 3.8) is 0 Å². The summed E-state index contributed by atoms with van der Waals surface area (Å²) in [7, 11) is 1.68. The van der Waals surface area contributed by atoms with Crippen molar-refractivity contribution >= 4 is 28.4 Å². The Balaban J connectivity index is 1.94. The molecule has 2 heterocycles. The van der Waals surface area contributed by atoms with Crippen molar-refractivity contribution in [2.45, 2.75) is 6.42 Å². The third kappa shape index (κ3) is 3.06. The summed E-state index contributed by atoms with van der Waals surface area (Å²) in [6, 6.07) is 12.3. The summed E-state index contributed by atoms with van der Waals surface area (Å²) in [6.45, 7) is 0. The number of nitrogens with zero attached hydrogens (tertiary/aromatic N) is 2. The van der Waals surface area contributed by atoms with E-state index in [1.54, 1.807) is 31.4 Å². The molecule has 3 rings (SSSR count). The van der Waals surface area contributed by atoms with Crippen LogP contribution in [0.3, 0.4) is 0 Å². The molecule has 3 aromatic rings. The molecule has 0 aliphatic rings. The number of aliphatic carboxylic acids is 1. The van der Waals surface area contributed by atoms with Crippen molar-refractivity contribution in [1.82, 2.24) is 9.55 Å². The molecule has 0 amide bonds. The van der Waals surface area contributed by atoms with Crippen molar-refractivity contribution in [2.24, 2.45) is 7.05 Å². The Hall–Kier alpha value is -3.15. The van der Waals surface area contributed by atoms with Crippen LogP contribution in [-0.2, 0) is 18.3 Å². The van der Waals surface area contributed by atoms with Crippen LogP contribution in [0.25, 0.3) is 11.0 Å². The molecule has 2 N–H and O–H groups in total. The molecule has 23 heavy (non-hydrogen) atoms. The number of aromatic nitrogens is 2. The maximum atomic E-state index is 11.7. The van der Waals surface area contributed by atoms with E-state index >= 15 is 0 Å². The lowest BCUT2D eigenvalue weighted by Crippen LogP contribution is -2.16. The SMILES string of the molecule is Cn1c(=O)ccc2c(Nc3ccc(CC(=O)O)cc3)ccnc21. The molecule has 0 saturated heterocycles. The Kier molecular flexibility index (Phi) is 3.80. The van der Waals surface area contributed by atoms with Gasteiger partial charge < -0.3 is 10.4 Å². The normalized spacial score (nSPS) is 10.7. The molecule has 0 spiro atoms. The van der Waals surface area contributed by atoms with Gasteiger partial charge in [0.2, 0.25) is 0 Å². The van der Waals surface area contributed by atoms with Gasteiger partial charge in [0.25, 0.3) is 5.56 Å². The Morgan fingerprint density at radius 2 is 1.91 bits per heavy atom. The Bertz CT molecular complexity index is 930. The number of pyridine rings is 2. The first-order valence-electron chi connectivity index (χ1n) is 7.07. The predicted molar refractivity (Wildman–Crippen MR) is 88.0 cm³/mol. The minimum absolute atomic E-state index is 0.000575. The highest BCUT2D eigenvalue weighted by atomic mass is 16.4. The minimum Gasteiger partial charge on any atom is -0.481 e. The highest BCUT2D eigenvalue weighted by Gasteiger charge is 2.06. The minimum atomic E-state index is -0.855. The van der Waals surface area contributed by atoms with E-state index in [1.165, 1.54) is 10.6 Å². The predicted octanol–water partition coefficient (Wildman–Crippen LogP) is 2.30. The van der Waals surface area contributed by atoms with E-state index in [4.69, 9.17) is 5.11 Å². The maximum absolute atomic E-state index is 11.7. The average molecular weight is 309 g/mol. The first-order chi connectivity index (χ1) is 11.0. The molecule has 0 radical (unpaired) electrons. The summed E-state index contributed by atoms with van der Waals surface area (Å²) in [5.74, 6) is -0.855. The van der Waals surface area contributed by atoms with E-state index in [0.717, 1.165) is 22.3 Å². The third-order valence-electron chi connectivity index (χ3n) is 3.60. The van der Waals surface area contributed by atoms with Gasteiger partial charge in [0.05, 0.1) is 12.1 Å². The molecule has 0 saturated carbocycles. The van der Waals surface area contributed by atoms with Crippen LogP contribution in [0, 0.1) is 0 Å². The van der Waals surface area contributed by atoms with E-state index in [9.17, 15) is 9.59 Å². The Labute approximate surface area is 132 Å². The maximum Gasteiger partial charge on any atom is 0.307 e. The summed E-state index contributed by atoms with van der Waals surface area (Å²) in [5, 5.41) is 12.9. The number of hydrogen-bond acceptors (Lipinski definition) is 4. The van der Waals surface area contributed by atoms with Crippen molar-refractivity contribution < 1.29 is 9.90 Å². The molecule has 6 nitrogen and oxygen atoms in total. The standard InChI is InChI=1S/C17H15N3O3/c1-20-15(21)7-6-13-14(8-9-18-17(13)20)19-12-4-2-11(3-5-12)10-16(22)23/h2-9H,10H2,1H3,(H,18,19)(H,22,23). The summed E-state index contributed by atoms with van der Waals surface area (Å²) >= 11 is 0. The molecular formula is C17H15N3O3. The topological polar surface area (TPSA) is 84.2 Å². The molecule has 0 aliphatic heterocycles.